The van der Waals surface area contributed by atoms with E-state index in [0.29, 0.717) is 11.3 Å². The van der Waals surface area contributed by atoms with Crippen molar-refractivity contribution in [3.8, 4) is 5.75 Å². The molecule has 0 aliphatic rings. The van der Waals surface area contributed by atoms with Gasteiger partial charge in [-0.2, -0.15) is 0 Å². The van der Waals surface area contributed by atoms with E-state index in [1.165, 1.54) is 24.3 Å². The summed E-state index contributed by atoms with van der Waals surface area (Å²) in [4.78, 5) is 21.9. The molecule has 0 radical (unpaired) electrons. The molecule has 0 atom stereocenters. The first-order valence-electron chi connectivity index (χ1n) is 6.45. The summed E-state index contributed by atoms with van der Waals surface area (Å²) in [6, 6.07) is 12.9. The van der Waals surface area contributed by atoms with Crippen LogP contribution in [0.4, 0.5) is 5.69 Å². The van der Waals surface area contributed by atoms with Crippen molar-refractivity contribution in [2.75, 3.05) is 0 Å². The average molecular weight is 295 g/mol. The van der Waals surface area contributed by atoms with Gasteiger partial charge in [0.1, 0.15) is 5.75 Å². The third kappa shape index (κ3) is 4.14. The van der Waals surface area contributed by atoms with Crippen LogP contribution in [0.5, 0.6) is 5.75 Å². The number of carbonyl (C=O) groups is 1. The summed E-state index contributed by atoms with van der Waals surface area (Å²) in [7, 11) is 0. The van der Waals surface area contributed by atoms with Crippen LogP contribution in [0.1, 0.15) is 11.1 Å². The summed E-state index contributed by atoms with van der Waals surface area (Å²) >= 11 is 0. The summed E-state index contributed by atoms with van der Waals surface area (Å²) in [5.41, 5.74) is 1.44. The molecule has 22 heavy (non-hydrogen) atoms. The number of carbonyl (C=O) groups excluding carboxylic acids is 1. The maximum Gasteiger partial charge on any atom is 0.336 e. The molecular weight excluding hydrogens is 282 g/mol. The fourth-order valence-corrected chi connectivity index (χ4v) is 1.73. The predicted octanol–water partition coefficient (Wildman–Crippen LogP) is 3.86. The van der Waals surface area contributed by atoms with Gasteiger partial charge >= 0.3 is 5.97 Å². The molecule has 0 aliphatic heterocycles. The molecular formula is C17H13NO4. The Balaban J connectivity index is 2.02. The molecule has 0 bridgehead atoms. The first-order valence-corrected chi connectivity index (χ1v) is 6.45. The van der Waals surface area contributed by atoms with Gasteiger partial charge in [0.2, 0.25) is 0 Å². The van der Waals surface area contributed by atoms with Crippen LogP contribution in [-0.2, 0) is 4.79 Å². The van der Waals surface area contributed by atoms with Gasteiger partial charge in [0, 0.05) is 18.2 Å². The van der Waals surface area contributed by atoms with Crippen LogP contribution in [-0.4, -0.2) is 10.9 Å². The summed E-state index contributed by atoms with van der Waals surface area (Å²) in [5, 5.41) is 10.7. The van der Waals surface area contributed by atoms with E-state index in [1.54, 1.807) is 42.5 Å². The molecule has 0 unspecified atom stereocenters. The maximum absolute atomic E-state index is 11.7. The molecule has 110 valence electrons. The van der Waals surface area contributed by atoms with Gasteiger partial charge in [-0.05, 0) is 29.3 Å². The lowest BCUT2D eigenvalue weighted by atomic mass is 10.2. The van der Waals surface area contributed by atoms with Crippen molar-refractivity contribution in [3.05, 3.63) is 82.4 Å². The van der Waals surface area contributed by atoms with E-state index in [9.17, 15) is 14.9 Å². The largest absolute Gasteiger partial charge is 0.423 e. The number of nitro groups is 1. The molecule has 2 aromatic carbocycles. The molecule has 0 N–H and O–H groups in total. The molecule has 0 aliphatic carbocycles. The van der Waals surface area contributed by atoms with E-state index >= 15 is 0 Å². The van der Waals surface area contributed by atoms with Gasteiger partial charge in [-0.3, -0.25) is 10.1 Å². The normalized spacial score (nSPS) is 10.4. The van der Waals surface area contributed by atoms with Crippen molar-refractivity contribution in [3.63, 3.8) is 0 Å². The van der Waals surface area contributed by atoms with Crippen molar-refractivity contribution < 1.29 is 14.5 Å². The number of rotatable bonds is 5. The predicted molar refractivity (Wildman–Crippen MR) is 84.3 cm³/mol. The molecule has 2 aromatic rings. The molecule has 2 rings (SSSR count). The number of hydrogen-bond acceptors (Lipinski definition) is 4. The van der Waals surface area contributed by atoms with Gasteiger partial charge < -0.3 is 4.74 Å². The van der Waals surface area contributed by atoms with E-state index in [4.69, 9.17) is 4.74 Å². The minimum Gasteiger partial charge on any atom is -0.423 e. The molecule has 5 heteroatoms. The number of benzene rings is 2. The van der Waals surface area contributed by atoms with Crippen molar-refractivity contribution in [2.24, 2.45) is 0 Å². The van der Waals surface area contributed by atoms with Crippen LogP contribution in [0.25, 0.3) is 12.2 Å². The van der Waals surface area contributed by atoms with Crippen molar-refractivity contribution >= 4 is 23.8 Å². The van der Waals surface area contributed by atoms with Crippen molar-refractivity contribution in [1.82, 2.24) is 0 Å². The van der Waals surface area contributed by atoms with Gasteiger partial charge in [-0.15, -0.1) is 0 Å². The second kappa shape index (κ2) is 6.99. The molecule has 0 amide bonds. The lowest BCUT2D eigenvalue weighted by Gasteiger charge is -2.01. The zero-order valence-corrected chi connectivity index (χ0v) is 11.6. The molecule has 0 saturated carbocycles. The zero-order valence-electron chi connectivity index (χ0n) is 11.6. The number of non-ortho nitro benzene ring substituents is 1. The average Bonchev–Trinajstić information content (AvgIpc) is 2.54. The third-order valence-electron chi connectivity index (χ3n) is 2.83. The van der Waals surface area contributed by atoms with Gasteiger partial charge in [0.25, 0.3) is 5.69 Å². The lowest BCUT2D eigenvalue weighted by molar-refractivity contribution is -0.384. The highest BCUT2D eigenvalue weighted by Gasteiger charge is 2.05. The van der Waals surface area contributed by atoms with Crippen molar-refractivity contribution in [2.45, 2.75) is 0 Å². The zero-order chi connectivity index (χ0) is 15.9. The molecule has 0 heterocycles. The van der Waals surface area contributed by atoms with Crippen LogP contribution >= 0.6 is 0 Å². The first-order chi connectivity index (χ1) is 10.6. The summed E-state index contributed by atoms with van der Waals surface area (Å²) in [6.07, 6.45) is 4.38. The third-order valence-corrected chi connectivity index (χ3v) is 2.83. The Morgan fingerprint density at radius 2 is 1.86 bits per heavy atom. The van der Waals surface area contributed by atoms with Crippen LogP contribution < -0.4 is 4.74 Å². The first kappa shape index (κ1) is 15.2. The Labute approximate surface area is 127 Å². The highest BCUT2D eigenvalue weighted by molar-refractivity contribution is 5.88. The maximum atomic E-state index is 11.7. The fraction of sp³-hybridized carbons (Fsp3) is 0. The lowest BCUT2D eigenvalue weighted by Crippen LogP contribution is -2.03. The smallest absolute Gasteiger partial charge is 0.336 e. The van der Waals surface area contributed by atoms with Gasteiger partial charge in [-0.1, -0.05) is 36.9 Å². The Morgan fingerprint density at radius 1 is 1.14 bits per heavy atom. The SMILES string of the molecule is C=Cc1ccc(OC(=O)/C=C/c2cccc([N+](=O)[O-])c2)cc1. The summed E-state index contributed by atoms with van der Waals surface area (Å²) in [6.45, 7) is 3.64. The number of esters is 1. The Hall–Kier alpha value is -3.21. The van der Waals surface area contributed by atoms with E-state index in [2.05, 4.69) is 6.58 Å². The van der Waals surface area contributed by atoms with E-state index in [0.717, 1.165) is 5.56 Å². The van der Waals surface area contributed by atoms with Gasteiger partial charge in [0.15, 0.2) is 0 Å². The monoisotopic (exact) mass is 295 g/mol. The highest BCUT2D eigenvalue weighted by atomic mass is 16.6. The fourth-order valence-electron chi connectivity index (χ4n) is 1.73. The number of ether oxygens (including phenoxy) is 1. The minimum atomic E-state index is -0.558. The summed E-state index contributed by atoms with van der Waals surface area (Å²) in [5.74, 6) is -0.142. The number of hydrogen-bond donors (Lipinski definition) is 0. The summed E-state index contributed by atoms with van der Waals surface area (Å²) < 4.78 is 5.12. The Kier molecular flexibility index (Phi) is 4.82. The minimum absolute atomic E-state index is 0.0319. The Bertz CT molecular complexity index is 733. The van der Waals surface area contributed by atoms with Crippen LogP contribution in [0, 0.1) is 10.1 Å². The highest BCUT2D eigenvalue weighted by Crippen LogP contribution is 2.15. The van der Waals surface area contributed by atoms with Gasteiger partial charge in [-0.25, -0.2) is 4.79 Å². The molecule has 0 spiro atoms. The second-order valence-electron chi connectivity index (χ2n) is 4.38. The molecule has 5 nitrogen and oxygen atoms in total. The van der Waals surface area contributed by atoms with Gasteiger partial charge in [0.05, 0.1) is 4.92 Å². The second-order valence-corrected chi connectivity index (χ2v) is 4.38. The number of nitrogens with zero attached hydrogens (tertiary/aromatic N) is 1. The van der Waals surface area contributed by atoms with Crippen LogP contribution in [0.2, 0.25) is 0 Å². The molecule has 0 saturated heterocycles. The molecule has 0 fully saturated rings. The topological polar surface area (TPSA) is 69.4 Å². The quantitative estimate of drug-likeness (QED) is 0.276. The van der Waals surface area contributed by atoms with Crippen molar-refractivity contribution in [1.29, 1.82) is 0 Å². The van der Waals surface area contributed by atoms with Crippen LogP contribution in [0.15, 0.2) is 61.2 Å². The van der Waals surface area contributed by atoms with E-state index in [-0.39, 0.29) is 5.69 Å². The van der Waals surface area contributed by atoms with Crippen LogP contribution in [0.3, 0.4) is 0 Å². The van der Waals surface area contributed by atoms with E-state index in [1.807, 2.05) is 0 Å². The van der Waals surface area contributed by atoms with E-state index < -0.39 is 10.9 Å². The number of nitro benzene ring substituents is 1. The standard InChI is InChI=1S/C17H13NO4/c1-2-13-6-9-16(10-7-13)22-17(19)11-8-14-4-3-5-15(12-14)18(20)21/h2-12H,1H2/b11-8+. The molecule has 0 aromatic heterocycles. The Morgan fingerprint density at radius 3 is 2.50 bits per heavy atom.